The summed E-state index contributed by atoms with van der Waals surface area (Å²) < 4.78 is 0. The van der Waals surface area contributed by atoms with E-state index >= 15 is 0 Å². The van der Waals surface area contributed by atoms with Crippen LogP contribution in [0.3, 0.4) is 0 Å². The van der Waals surface area contributed by atoms with Crippen LogP contribution in [0.25, 0.3) is 0 Å². The number of piperazine rings is 1. The van der Waals surface area contributed by atoms with Crippen LogP contribution in [0.2, 0.25) is 0 Å². The Labute approximate surface area is 130 Å². The van der Waals surface area contributed by atoms with Crippen molar-refractivity contribution in [2.75, 3.05) is 52.9 Å². The molecule has 0 aromatic rings. The van der Waals surface area contributed by atoms with Crippen molar-refractivity contribution in [3.63, 3.8) is 0 Å². The Balaban J connectivity index is 1.23. The lowest BCUT2D eigenvalue weighted by Gasteiger charge is -2.37. The van der Waals surface area contributed by atoms with Crippen molar-refractivity contribution >= 4 is 0 Å². The molecule has 0 aromatic carbocycles. The van der Waals surface area contributed by atoms with Gasteiger partial charge in [0.15, 0.2) is 0 Å². The van der Waals surface area contributed by atoms with Crippen LogP contribution in [0.1, 0.15) is 25.7 Å². The average molecular weight is 292 g/mol. The Kier molecular flexibility index (Phi) is 4.08. The summed E-state index contributed by atoms with van der Waals surface area (Å²) in [5.41, 5.74) is 0. The van der Waals surface area contributed by atoms with E-state index in [0.717, 1.165) is 23.8 Å². The van der Waals surface area contributed by atoms with E-state index in [9.17, 15) is 0 Å². The molecule has 4 aliphatic rings. The fourth-order valence-electron chi connectivity index (χ4n) is 5.54. The number of rotatable bonds is 3. The number of hydrogen-bond acceptors (Lipinski definition) is 0. The highest BCUT2D eigenvalue weighted by atomic mass is 15.3. The van der Waals surface area contributed by atoms with Crippen LogP contribution >= 0.6 is 0 Å². The highest BCUT2D eigenvalue weighted by Crippen LogP contribution is 2.42. The molecule has 2 saturated heterocycles. The molecule has 2 bridgehead atoms. The Hall–Kier alpha value is -0.380. The van der Waals surface area contributed by atoms with E-state index in [1.54, 1.807) is 4.90 Å². The van der Waals surface area contributed by atoms with Crippen molar-refractivity contribution in [2.45, 2.75) is 31.7 Å². The van der Waals surface area contributed by atoms with Crippen molar-refractivity contribution in [1.29, 1.82) is 0 Å². The van der Waals surface area contributed by atoms with E-state index in [1.807, 2.05) is 9.80 Å². The van der Waals surface area contributed by atoms with Gasteiger partial charge in [0.05, 0.1) is 32.7 Å². The second kappa shape index (κ2) is 6.02. The van der Waals surface area contributed by atoms with E-state index in [1.165, 1.54) is 71.5 Å². The zero-order valence-electron chi connectivity index (χ0n) is 13.7. The second-order valence-electron chi connectivity index (χ2n) is 8.38. The largest absolute Gasteiger partial charge is 0.334 e. The van der Waals surface area contributed by atoms with Gasteiger partial charge < -0.3 is 14.7 Å². The summed E-state index contributed by atoms with van der Waals surface area (Å²) in [7, 11) is 2.35. The summed E-state index contributed by atoms with van der Waals surface area (Å²) >= 11 is 0. The van der Waals surface area contributed by atoms with Crippen LogP contribution in [-0.4, -0.2) is 58.9 Å². The molecular weight excluding hydrogens is 258 g/mol. The molecule has 0 amide bonds. The minimum Gasteiger partial charge on any atom is -0.334 e. The number of nitrogens with one attached hydrogen (secondary N) is 3. The fraction of sp³-hybridized carbons (Fsp3) is 0.889. The predicted molar refractivity (Wildman–Crippen MR) is 84.7 cm³/mol. The minimum absolute atomic E-state index is 0.950. The van der Waals surface area contributed by atoms with Crippen LogP contribution in [0.15, 0.2) is 12.2 Å². The molecule has 4 rings (SSSR count). The number of piperidine rings is 1. The maximum absolute atomic E-state index is 2.53. The molecule has 21 heavy (non-hydrogen) atoms. The molecule has 3 N–H and O–H groups in total. The summed E-state index contributed by atoms with van der Waals surface area (Å²) in [6, 6.07) is 0.988. The number of likely N-dealkylation sites (N-methyl/N-ethyl adjacent to an activating group) is 1. The number of hydrogen-bond donors (Lipinski definition) is 3. The number of fused-ring (bicyclic) bond motifs is 2. The van der Waals surface area contributed by atoms with Crippen molar-refractivity contribution in [1.82, 2.24) is 0 Å². The molecule has 2 aliphatic carbocycles. The molecule has 0 spiro atoms. The monoisotopic (exact) mass is 292 g/mol. The smallest absolute Gasteiger partial charge is 0.127 e. The van der Waals surface area contributed by atoms with Crippen LogP contribution in [0, 0.1) is 17.8 Å². The third-order valence-corrected chi connectivity index (χ3v) is 6.98. The lowest BCUT2D eigenvalue weighted by atomic mass is 9.92. The highest BCUT2D eigenvalue weighted by molar-refractivity contribution is 5.09. The Morgan fingerprint density at radius 2 is 1.67 bits per heavy atom. The first-order valence-electron chi connectivity index (χ1n) is 9.45. The molecule has 3 fully saturated rings. The Morgan fingerprint density at radius 1 is 0.905 bits per heavy atom. The molecule has 0 aromatic heterocycles. The third-order valence-electron chi connectivity index (χ3n) is 6.98. The highest BCUT2D eigenvalue weighted by Gasteiger charge is 2.39. The van der Waals surface area contributed by atoms with Gasteiger partial charge in [0.1, 0.15) is 26.2 Å². The minimum atomic E-state index is 0.950. The lowest BCUT2D eigenvalue weighted by molar-refractivity contribution is -1.02. The average Bonchev–Trinajstić information content (AvgIpc) is 3.12. The maximum Gasteiger partial charge on any atom is 0.127 e. The molecule has 118 valence electrons. The van der Waals surface area contributed by atoms with Gasteiger partial charge in [-0.2, -0.15) is 0 Å². The van der Waals surface area contributed by atoms with Gasteiger partial charge in [-0.05, 0) is 24.7 Å². The van der Waals surface area contributed by atoms with Gasteiger partial charge in [0.2, 0.25) is 0 Å². The lowest BCUT2D eigenvalue weighted by Crippen LogP contribution is -3.29. The zero-order valence-corrected chi connectivity index (χ0v) is 13.7. The number of allylic oxidation sites excluding steroid dienone is 2. The molecule has 1 saturated carbocycles. The van der Waals surface area contributed by atoms with E-state index in [2.05, 4.69) is 19.2 Å². The van der Waals surface area contributed by atoms with Gasteiger partial charge >= 0.3 is 0 Å². The molecule has 3 atom stereocenters. The van der Waals surface area contributed by atoms with Gasteiger partial charge in [-0.3, -0.25) is 0 Å². The van der Waals surface area contributed by atoms with Crippen LogP contribution in [0.4, 0.5) is 0 Å². The van der Waals surface area contributed by atoms with Crippen LogP contribution in [0.5, 0.6) is 0 Å². The first-order chi connectivity index (χ1) is 10.3. The second-order valence-corrected chi connectivity index (χ2v) is 8.38. The van der Waals surface area contributed by atoms with Crippen molar-refractivity contribution in [3.05, 3.63) is 12.2 Å². The first-order valence-corrected chi connectivity index (χ1v) is 9.45. The van der Waals surface area contributed by atoms with Crippen molar-refractivity contribution < 1.29 is 14.7 Å². The maximum atomic E-state index is 2.53. The van der Waals surface area contributed by atoms with Crippen LogP contribution < -0.4 is 14.7 Å². The predicted octanol–water partition coefficient (Wildman–Crippen LogP) is -2.34. The summed E-state index contributed by atoms with van der Waals surface area (Å²) in [4.78, 5) is 5.60. The summed E-state index contributed by atoms with van der Waals surface area (Å²) in [6.07, 6.45) is 11.0. The van der Waals surface area contributed by atoms with Crippen molar-refractivity contribution in [2.24, 2.45) is 17.8 Å². The molecule has 3 nitrogen and oxygen atoms in total. The van der Waals surface area contributed by atoms with Gasteiger partial charge in [-0.1, -0.05) is 12.2 Å². The molecule has 0 radical (unpaired) electrons. The van der Waals surface area contributed by atoms with Crippen LogP contribution in [-0.2, 0) is 0 Å². The molecule has 2 heterocycles. The topological polar surface area (TPSA) is 13.3 Å². The van der Waals surface area contributed by atoms with Crippen molar-refractivity contribution in [3.8, 4) is 0 Å². The van der Waals surface area contributed by atoms with Gasteiger partial charge in [0.25, 0.3) is 0 Å². The molecular formula is C18H34N3+3. The molecule has 0 unspecified atom stereocenters. The normalized spacial score (nSPS) is 49.7. The molecule has 3 heteroatoms. The van der Waals surface area contributed by atoms with E-state index in [4.69, 9.17) is 0 Å². The standard InChI is InChI=1S/C18H31N3/c1-19-8-10-21(11-9-19)18-4-6-20(7-5-18)14-17-13-15-2-3-16(17)12-15/h2-3,15-18H,4-14H2,1H3/p+3/t15-,16+,17+/m0/s1. The fourth-order valence-corrected chi connectivity index (χ4v) is 5.54. The van der Waals surface area contributed by atoms with Gasteiger partial charge in [-0.15, -0.1) is 0 Å². The SMILES string of the molecule is C[NH+]1CC[NH+](C2CC[NH+](C[C@H]3C[C@H]4C=C[C@@H]3C4)CC2)CC1. The summed E-state index contributed by atoms with van der Waals surface area (Å²) in [6.45, 7) is 10.00. The summed E-state index contributed by atoms with van der Waals surface area (Å²) in [5, 5.41) is 0. The zero-order chi connectivity index (χ0) is 14.2. The Bertz CT molecular complexity index is 378. The quantitative estimate of drug-likeness (QED) is 0.483. The Morgan fingerprint density at radius 3 is 2.29 bits per heavy atom. The van der Waals surface area contributed by atoms with Gasteiger partial charge in [-0.25, -0.2) is 0 Å². The van der Waals surface area contributed by atoms with Gasteiger partial charge in [0, 0.05) is 18.8 Å². The van der Waals surface area contributed by atoms with E-state index in [0.29, 0.717) is 0 Å². The first kappa shape index (κ1) is 14.2. The van der Waals surface area contributed by atoms with E-state index < -0.39 is 0 Å². The third kappa shape index (κ3) is 3.06. The summed E-state index contributed by atoms with van der Waals surface area (Å²) in [5.74, 6) is 2.92. The number of likely N-dealkylation sites (tertiary alicyclic amines) is 1. The number of quaternary nitrogens is 3. The van der Waals surface area contributed by atoms with E-state index in [-0.39, 0.29) is 0 Å². The molecule has 2 aliphatic heterocycles.